The van der Waals surface area contributed by atoms with Crippen molar-refractivity contribution in [1.82, 2.24) is 10.6 Å². The highest BCUT2D eigenvalue weighted by Gasteiger charge is 2.47. The van der Waals surface area contributed by atoms with Crippen molar-refractivity contribution in [1.29, 1.82) is 5.26 Å². The molecular weight excluding hydrogens is 1840 g/mol. The molecule has 3 rings (SSSR count). The first-order valence-electron chi connectivity index (χ1n) is 48.6. The summed E-state index contributed by atoms with van der Waals surface area (Å²) in [7, 11) is -10.8. The molecule has 3 aliphatic carbocycles. The number of aliphatic hydroxyl groups excluding tert-OH is 2. The molecule has 4 N–H and O–H groups in total. The maximum absolute atomic E-state index is 12.6. The molecule has 3 aliphatic rings. The maximum Gasteiger partial charge on any atom is 0.407 e. The van der Waals surface area contributed by atoms with Crippen LogP contribution in [0.1, 0.15) is 297 Å². The molecule has 0 bridgehead atoms. The van der Waals surface area contributed by atoms with Crippen LogP contribution in [-0.2, 0) is 93.2 Å². The van der Waals surface area contributed by atoms with E-state index >= 15 is 0 Å². The molecule has 6 atom stereocenters. The van der Waals surface area contributed by atoms with E-state index in [0.29, 0.717) is 70.3 Å². The molecule has 0 spiro atoms. The van der Waals surface area contributed by atoms with Crippen molar-refractivity contribution < 1.29 is 113 Å². The molecule has 3 fully saturated rings. The van der Waals surface area contributed by atoms with E-state index in [4.69, 9.17) is 79.9 Å². The van der Waals surface area contributed by atoms with Gasteiger partial charge in [0.1, 0.15) is 56.5 Å². The summed E-state index contributed by atoms with van der Waals surface area (Å²) >= 11 is 0. The number of unbranched alkanes of at least 4 members (excludes halogenated alkanes) is 3. The Labute approximate surface area is 835 Å². The van der Waals surface area contributed by atoms with E-state index in [9.17, 15) is 33.6 Å². The van der Waals surface area contributed by atoms with Gasteiger partial charge in [-0.15, -0.1) is 0 Å². The van der Waals surface area contributed by atoms with E-state index in [2.05, 4.69) is 228 Å². The molecule has 2 amide bonds. The van der Waals surface area contributed by atoms with Crippen LogP contribution in [0.25, 0.3) is 0 Å². The lowest BCUT2D eigenvalue weighted by atomic mass is 9.61. The molecule has 0 aliphatic heterocycles. The monoisotopic (exact) mass is 2040 g/mol. The highest BCUT2D eigenvalue weighted by atomic mass is 28.4. The van der Waals surface area contributed by atoms with Crippen LogP contribution in [-0.4, -0.2) is 237 Å². The Morgan fingerprint density at radius 2 is 0.691 bits per heavy atom. The number of carbonyl (C=O) groups is 5. The number of ether oxygens (including phenoxy) is 9. The third-order valence-corrected chi connectivity index (χ3v) is 38.2. The van der Waals surface area contributed by atoms with Crippen LogP contribution in [0.15, 0.2) is 34.3 Å². The molecule has 3 saturated carbocycles. The Hall–Kier alpha value is -4.66. The molecule has 802 valence electrons. The first-order chi connectivity index (χ1) is 60.6. The second kappa shape index (κ2) is 68.6. The number of nitriles is 1. The smallest absolute Gasteiger partial charge is 0.407 e. The number of esters is 3. The minimum atomic E-state index is -1.96. The number of rotatable bonds is 58. The molecule has 0 radical (unpaired) electrons. The van der Waals surface area contributed by atoms with Crippen LogP contribution in [0.5, 0.6) is 0 Å². The van der Waals surface area contributed by atoms with Gasteiger partial charge in [0.15, 0.2) is 49.9 Å². The average Bonchev–Trinajstić information content (AvgIpc) is 0.802. The van der Waals surface area contributed by atoms with Gasteiger partial charge in [0.05, 0.1) is 46.1 Å². The Kier molecular flexibility index (Phi) is 71.6. The number of hydrogen-bond donors (Lipinski definition) is 4. The van der Waals surface area contributed by atoms with E-state index in [1.165, 1.54) is 44.6 Å². The summed E-state index contributed by atoms with van der Waals surface area (Å²) in [5.74, 6) is -2.92. The van der Waals surface area contributed by atoms with Crippen LogP contribution >= 0.6 is 0 Å². The Morgan fingerprint density at radius 1 is 0.404 bits per heavy atom. The van der Waals surface area contributed by atoms with Crippen molar-refractivity contribution in [2.45, 2.75) is 447 Å². The summed E-state index contributed by atoms with van der Waals surface area (Å²) in [5.41, 5.74) is 0.443. The number of amides is 2. The summed E-state index contributed by atoms with van der Waals surface area (Å²) in [6.07, 6.45) is 22.6. The normalized spacial score (nSPS) is 19.6. The molecule has 136 heavy (non-hydrogen) atoms. The fourth-order valence-corrected chi connectivity index (χ4v) is 35.0. The van der Waals surface area contributed by atoms with Crippen molar-refractivity contribution in [3.63, 3.8) is 0 Å². The summed E-state index contributed by atoms with van der Waals surface area (Å²) in [5, 5.41) is 31.5. The first-order valence-corrected chi connectivity index (χ1v) is 67.3. The van der Waals surface area contributed by atoms with Gasteiger partial charge in [0, 0.05) is 49.5 Å². The minimum absolute atomic E-state index is 0. The third-order valence-electron chi connectivity index (χ3n) is 22.6. The average molecular weight is 2040 g/mol. The molecule has 0 heterocycles. The second-order valence-corrected chi connectivity index (χ2v) is 70.4. The van der Waals surface area contributed by atoms with E-state index in [0.717, 1.165) is 107 Å². The quantitative estimate of drug-likeness (QED) is 0.00506. The lowest BCUT2D eigenvalue weighted by Gasteiger charge is -2.46. The van der Waals surface area contributed by atoms with Crippen LogP contribution in [0.4, 0.5) is 9.59 Å². The van der Waals surface area contributed by atoms with Crippen LogP contribution in [0.3, 0.4) is 0 Å². The zero-order chi connectivity index (χ0) is 102. The lowest BCUT2D eigenvalue weighted by molar-refractivity contribution is -0.150. The van der Waals surface area contributed by atoms with Crippen molar-refractivity contribution >= 4 is 92.2 Å². The topological polar surface area (TPSA) is 371 Å². The fraction of sp³-hybridized carbons (Fsp3) is 0.881. The standard InChI is InChI=1S/C35H67NO9Si2.C28H56N2O6Si2.C16H38O4Si2.C12H18N2O2.C6H10O3.4CH4/c1-13-14-23-46(9,10)44-34(6,7)45-47(11,12)24-15-18-40-19-20-43-32(39)36-29-25-33(4,5)27-35(8,26-29)17-16-30(37)41-21-22-42-31(38)28(2)3;1-11-12-17-37(7,8)35-27(4,5)36-38(9,10)18-13-14-33-15-16-34-25(32)30-24-19-26(2,3)21-28(6,20-24)22-29-23-31;1-8-9-14-21(4,5)19-16(2,3)20-22(6,7)15-10-12-18-13-11-17;1-11(2)4-10(16-8-13)5-12(3,6-11)7-14-9-15;1-5(2)6(8)9-4-3-7;;;;/h29H,2,13-27H2,1,3-12H3,(H,36,39);24H,11-22H2,1-10H3,(H,30,32);17H,8-15H2,1-7H3;10H,4-7H2,1-3H3;7H,1,3-4H2,2H3;4*1H4. The van der Waals surface area contributed by atoms with Gasteiger partial charge in [-0.25, -0.2) is 38.8 Å². The number of hydrogen-bond acceptors (Lipinski definition) is 27. The zero-order valence-electron chi connectivity index (χ0n) is 88.9. The summed E-state index contributed by atoms with van der Waals surface area (Å²) in [4.78, 5) is 87.5. The molecule has 0 saturated heterocycles. The van der Waals surface area contributed by atoms with Gasteiger partial charge in [-0.2, -0.15) is 5.26 Å². The first kappa shape index (κ1) is 142. The van der Waals surface area contributed by atoms with Crippen molar-refractivity contribution in [3.05, 3.63) is 24.3 Å². The molecule has 0 aromatic heterocycles. The van der Waals surface area contributed by atoms with Crippen molar-refractivity contribution in [2.24, 2.45) is 42.5 Å². The van der Waals surface area contributed by atoms with Gasteiger partial charge < -0.3 is 90.0 Å². The van der Waals surface area contributed by atoms with Gasteiger partial charge in [-0.05, 0) is 286 Å². The number of nitrogens with zero attached hydrogens (tertiary/aromatic N) is 3. The maximum atomic E-state index is 12.6. The number of nitrogens with one attached hydrogen (secondary N) is 2. The Bertz CT molecular complexity index is 3490. The van der Waals surface area contributed by atoms with Crippen LogP contribution in [0, 0.1) is 44.0 Å². The summed E-state index contributed by atoms with van der Waals surface area (Å²) in [6.45, 7) is 79.7. The lowest BCUT2D eigenvalue weighted by Crippen LogP contribution is -2.48. The van der Waals surface area contributed by atoms with Crippen LogP contribution in [0.2, 0.25) is 115 Å². The SMILES string of the molecule is C.C.C.C.C=C(C)C(=O)OCCO.C=C(C)C(=O)OCCOC(=O)CCC1(C)CC(NC(=O)OCCOCCC[Si](C)(C)OC(C)(C)O[Si](C)(C)CCCC)CC(C)(C)C1.CC1(C)CC(OC#N)CC(C)(CN=C=O)C1.CCCC[Si](C)(C)OC(C)(C)O[Si](C)(C)CCCOCCO.CCCC[Si](C)(C)OC(C)(C)O[Si](C)(C)CCCOCCOC(=O)NC1CC(C)(C)CC(C)(CN=C=O)C1. The van der Waals surface area contributed by atoms with Crippen molar-refractivity contribution in [3.8, 4) is 6.26 Å². The van der Waals surface area contributed by atoms with E-state index in [-0.39, 0.29) is 139 Å². The minimum Gasteiger partial charge on any atom is -0.462 e. The Balaban J connectivity index is -0.000000421. The molecular formula is C101H205N5O24Si6. The van der Waals surface area contributed by atoms with Crippen molar-refractivity contribution in [2.75, 3.05) is 99.0 Å². The highest BCUT2D eigenvalue weighted by Crippen LogP contribution is 2.50. The third kappa shape index (κ3) is 73.4. The van der Waals surface area contributed by atoms with E-state index in [1.54, 1.807) is 32.3 Å². The van der Waals surface area contributed by atoms with Gasteiger partial charge in [-0.1, -0.05) is 164 Å². The molecule has 6 unspecified atom stereocenters. The molecule has 0 aromatic carbocycles. The van der Waals surface area contributed by atoms with Gasteiger partial charge in [-0.3, -0.25) is 4.79 Å². The Morgan fingerprint density at radius 3 is 1.01 bits per heavy atom. The highest BCUT2D eigenvalue weighted by molar-refractivity contribution is 6.73. The van der Waals surface area contributed by atoms with Gasteiger partial charge in [0.2, 0.25) is 12.2 Å². The predicted molar refractivity (Wildman–Crippen MR) is 567 cm³/mol. The number of alkyl carbamates (subject to hydrolysis) is 2. The second-order valence-electron chi connectivity index (χ2n) is 45.1. The molecule has 0 aromatic rings. The van der Waals surface area contributed by atoms with Gasteiger partial charge in [0.25, 0.3) is 6.26 Å². The zero-order valence-corrected chi connectivity index (χ0v) is 94.9. The number of aliphatic hydroxyl groups is 2. The van der Waals surface area contributed by atoms with E-state index < -0.39 is 91.4 Å². The summed E-state index contributed by atoms with van der Waals surface area (Å²) in [6, 6.07) is 6.38. The van der Waals surface area contributed by atoms with Crippen LogP contribution < -0.4 is 10.6 Å². The number of aliphatic imine (C=N–C) groups is 2. The fourth-order valence-electron chi connectivity index (χ4n) is 19.3. The van der Waals surface area contributed by atoms with Gasteiger partial charge >= 0.3 is 30.1 Å². The number of carbonyl (C=O) groups excluding carboxylic acids is 7. The number of isocyanates is 2. The van der Waals surface area contributed by atoms with E-state index in [1.807, 2.05) is 13.8 Å². The predicted octanol–water partition coefficient (Wildman–Crippen LogP) is 24.6. The summed E-state index contributed by atoms with van der Waals surface area (Å²) < 4.78 is 86.2. The molecule has 29 nitrogen and oxygen atoms in total. The molecule has 35 heteroatoms. The largest absolute Gasteiger partial charge is 0.462 e.